The van der Waals surface area contributed by atoms with Gasteiger partial charge in [0.15, 0.2) is 0 Å². The molecule has 0 unspecified atom stereocenters. The van der Waals surface area contributed by atoms with E-state index < -0.39 is 28.5 Å². The van der Waals surface area contributed by atoms with E-state index >= 15 is 0 Å². The van der Waals surface area contributed by atoms with E-state index in [9.17, 15) is 18.9 Å². The van der Waals surface area contributed by atoms with Crippen molar-refractivity contribution in [3.63, 3.8) is 0 Å². The van der Waals surface area contributed by atoms with Crippen LogP contribution >= 0.6 is 11.6 Å². The summed E-state index contributed by atoms with van der Waals surface area (Å²) in [7, 11) is 1.37. The summed E-state index contributed by atoms with van der Waals surface area (Å²) in [6, 6.07) is 5.77. The van der Waals surface area contributed by atoms with Crippen LogP contribution in [0.2, 0.25) is 0 Å². The third-order valence-electron chi connectivity index (χ3n) is 3.01. The summed E-state index contributed by atoms with van der Waals surface area (Å²) in [5.74, 6) is 0. The Morgan fingerprint density at radius 3 is 2.47 bits per heavy atom. The average Bonchev–Trinajstić information content (AvgIpc) is 2.68. The first-order valence-electron chi connectivity index (χ1n) is 5.47. The zero-order valence-electron chi connectivity index (χ0n) is 9.87. The molecule has 0 amide bonds. The van der Waals surface area contributed by atoms with Gasteiger partial charge in [0, 0.05) is 12.0 Å². The number of halogens is 3. The van der Waals surface area contributed by atoms with Gasteiger partial charge in [0.1, 0.15) is 6.04 Å². The second-order valence-electron chi connectivity index (χ2n) is 4.25. The number of nitro groups is 1. The summed E-state index contributed by atoms with van der Waals surface area (Å²) < 4.78 is 26.4. The number of alkyl halides is 3. The van der Waals surface area contributed by atoms with Crippen molar-refractivity contribution < 1.29 is 18.5 Å². The van der Waals surface area contributed by atoms with E-state index in [4.69, 9.17) is 16.4 Å². The predicted molar refractivity (Wildman–Crippen MR) is 63.4 cm³/mol. The monoisotopic (exact) mass is 292 g/mol. The Morgan fingerprint density at radius 2 is 2.00 bits per heavy atom. The van der Waals surface area contributed by atoms with Crippen molar-refractivity contribution >= 4 is 11.6 Å². The number of hydrogen-bond donors (Lipinski definition) is 0. The maximum atomic E-state index is 13.2. The molecule has 0 aromatic heterocycles. The summed E-state index contributed by atoms with van der Waals surface area (Å²) in [5, 5.41) is 8.34. The van der Waals surface area contributed by atoms with Gasteiger partial charge in [0.2, 0.25) is 6.10 Å². The molecule has 2 rings (SSSR count). The zero-order chi connectivity index (χ0) is 14.2. The van der Waals surface area contributed by atoms with E-state index in [1.54, 1.807) is 30.3 Å². The van der Waals surface area contributed by atoms with Gasteiger partial charge in [0.05, 0.1) is 0 Å². The van der Waals surface area contributed by atoms with E-state index in [1.165, 1.54) is 7.05 Å². The normalized spacial score (nSPS) is 28.5. The lowest BCUT2D eigenvalue weighted by molar-refractivity contribution is -0.534. The second-order valence-corrected chi connectivity index (χ2v) is 4.75. The summed E-state index contributed by atoms with van der Waals surface area (Å²) in [4.78, 5) is 15.2. The molecule has 1 aromatic carbocycles. The molecule has 0 spiro atoms. The fraction of sp³-hybridized carbons (Fsp3) is 0.455. The third kappa shape index (κ3) is 2.68. The van der Waals surface area contributed by atoms with Gasteiger partial charge in [-0.15, -0.1) is 0 Å². The van der Waals surface area contributed by atoms with Crippen molar-refractivity contribution in [3.8, 4) is 0 Å². The largest absolute Gasteiger partial charge is 0.356 e. The highest BCUT2D eigenvalue weighted by Crippen LogP contribution is 2.42. The zero-order valence-corrected chi connectivity index (χ0v) is 10.6. The van der Waals surface area contributed by atoms with Crippen molar-refractivity contribution in [1.82, 2.24) is 5.06 Å². The first-order valence-corrected chi connectivity index (χ1v) is 5.85. The molecule has 1 heterocycles. The number of hydroxylamine groups is 2. The van der Waals surface area contributed by atoms with Crippen LogP contribution in [-0.4, -0.2) is 34.6 Å². The van der Waals surface area contributed by atoms with Crippen LogP contribution in [0.4, 0.5) is 8.78 Å². The number of likely N-dealkylation sites (N-methyl/N-ethyl adjacent to an activating group) is 1. The van der Waals surface area contributed by atoms with Gasteiger partial charge in [-0.25, -0.2) is 0 Å². The van der Waals surface area contributed by atoms with Crippen LogP contribution in [0.3, 0.4) is 0 Å². The van der Waals surface area contributed by atoms with Crippen LogP contribution in [0, 0.1) is 10.1 Å². The highest BCUT2D eigenvalue weighted by atomic mass is 35.5. The number of benzene rings is 1. The van der Waals surface area contributed by atoms with Gasteiger partial charge in [-0.1, -0.05) is 30.3 Å². The molecule has 0 N–H and O–H groups in total. The Balaban J connectivity index is 2.40. The maximum Gasteiger partial charge on any atom is 0.356 e. The molecule has 1 aliphatic heterocycles. The highest BCUT2D eigenvalue weighted by Gasteiger charge is 2.60. The fourth-order valence-electron chi connectivity index (χ4n) is 2.22. The van der Waals surface area contributed by atoms with Crippen LogP contribution in [-0.2, 0) is 4.84 Å². The molecule has 0 radical (unpaired) electrons. The molecule has 1 saturated heterocycles. The van der Waals surface area contributed by atoms with Crippen molar-refractivity contribution in [2.24, 2.45) is 0 Å². The van der Waals surface area contributed by atoms with E-state index in [2.05, 4.69) is 0 Å². The molecule has 5 nitrogen and oxygen atoms in total. The Labute approximate surface area is 112 Å². The van der Waals surface area contributed by atoms with Crippen LogP contribution in [0.25, 0.3) is 0 Å². The smallest absolute Gasteiger partial charge is 0.280 e. The van der Waals surface area contributed by atoms with Crippen molar-refractivity contribution in [3.05, 3.63) is 46.0 Å². The Kier molecular flexibility index (Phi) is 3.71. The van der Waals surface area contributed by atoms with Crippen molar-refractivity contribution in [2.45, 2.75) is 23.6 Å². The van der Waals surface area contributed by atoms with E-state index in [-0.39, 0.29) is 0 Å². The number of hydrogen-bond acceptors (Lipinski definition) is 4. The van der Waals surface area contributed by atoms with Crippen LogP contribution < -0.4 is 0 Å². The molecule has 1 aromatic rings. The molecule has 3 atom stereocenters. The SMILES string of the molecule is CN1O[C@@H](C(F)(F)Cl)[C@H]([N+](=O)[O-])[C@@H]1c1ccccc1. The van der Waals surface area contributed by atoms with Gasteiger partial charge in [-0.2, -0.15) is 13.8 Å². The lowest BCUT2D eigenvalue weighted by Gasteiger charge is -2.18. The second kappa shape index (κ2) is 4.99. The Bertz CT molecular complexity index is 469. The molecule has 8 heteroatoms. The topological polar surface area (TPSA) is 55.6 Å². The van der Waals surface area contributed by atoms with E-state index in [1.807, 2.05) is 0 Å². The first-order chi connectivity index (χ1) is 8.82. The standard InChI is InChI=1S/C11H11ClF2N2O3/c1-15-8(7-5-3-2-4-6-7)9(16(17)18)10(19-15)11(12,13)14/h2-6,8-10H,1H3/t8-,9+,10+/m0/s1. The van der Waals surface area contributed by atoms with Gasteiger partial charge in [-0.05, 0) is 17.2 Å². The summed E-state index contributed by atoms with van der Waals surface area (Å²) in [6.07, 6.45) is -2.00. The van der Waals surface area contributed by atoms with Crippen LogP contribution in [0.1, 0.15) is 11.6 Å². The molecule has 1 aliphatic rings. The fourth-order valence-corrected chi connectivity index (χ4v) is 2.39. The summed E-state index contributed by atoms with van der Waals surface area (Å²) >= 11 is 4.91. The molecule has 0 bridgehead atoms. The van der Waals surface area contributed by atoms with Gasteiger partial charge >= 0.3 is 5.38 Å². The number of rotatable bonds is 3. The Hall–Kier alpha value is -1.31. The quantitative estimate of drug-likeness (QED) is 0.488. The van der Waals surface area contributed by atoms with Gasteiger partial charge in [-0.3, -0.25) is 15.0 Å². The van der Waals surface area contributed by atoms with E-state index in [0.717, 1.165) is 5.06 Å². The molecule has 0 saturated carbocycles. The molecular formula is C11H11ClF2N2O3. The molecule has 0 aliphatic carbocycles. The third-order valence-corrected chi connectivity index (χ3v) is 3.23. The molecule has 104 valence electrons. The molecule has 19 heavy (non-hydrogen) atoms. The average molecular weight is 293 g/mol. The maximum absolute atomic E-state index is 13.2. The van der Waals surface area contributed by atoms with Gasteiger partial charge in [0.25, 0.3) is 6.04 Å². The van der Waals surface area contributed by atoms with Crippen molar-refractivity contribution in [2.75, 3.05) is 7.05 Å². The highest BCUT2D eigenvalue weighted by molar-refractivity contribution is 6.22. The summed E-state index contributed by atoms with van der Waals surface area (Å²) in [5.41, 5.74) is 0.523. The lowest BCUT2D eigenvalue weighted by Crippen LogP contribution is -2.42. The van der Waals surface area contributed by atoms with Crippen LogP contribution in [0.15, 0.2) is 30.3 Å². The number of nitrogens with zero attached hydrogens (tertiary/aromatic N) is 2. The lowest BCUT2D eigenvalue weighted by atomic mass is 9.97. The van der Waals surface area contributed by atoms with Crippen molar-refractivity contribution in [1.29, 1.82) is 0 Å². The Morgan fingerprint density at radius 1 is 1.42 bits per heavy atom. The van der Waals surface area contributed by atoms with Crippen LogP contribution in [0.5, 0.6) is 0 Å². The summed E-state index contributed by atoms with van der Waals surface area (Å²) in [6.45, 7) is 0. The minimum atomic E-state index is -3.81. The van der Waals surface area contributed by atoms with Gasteiger partial charge < -0.3 is 0 Å². The molecule has 1 fully saturated rings. The van der Waals surface area contributed by atoms with E-state index in [0.29, 0.717) is 5.56 Å². The minimum Gasteiger partial charge on any atom is -0.280 e. The predicted octanol–water partition coefficient (Wildman–Crippen LogP) is 2.45. The first kappa shape index (κ1) is 14.1. The minimum absolute atomic E-state index is 0.523. The molecular weight excluding hydrogens is 282 g/mol.